The molecule has 0 saturated carbocycles. The van der Waals surface area contributed by atoms with Gasteiger partial charge in [-0.15, -0.1) is 5.73 Å². The zero-order chi connectivity index (χ0) is 15.9. The summed E-state index contributed by atoms with van der Waals surface area (Å²) in [7, 11) is 0. The van der Waals surface area contributed by atoms with Crippen LogP contribution >= 0.6 is 0 Å². The van der Waals surface area contributed by atoms with Crippen molar-refractivity contribution in [3.63, 3.8) is 0 Å². The van der Waals surface area contributed by atoms with E-state index in [1.165, 1.54) is 16.7 Å². The van der Waals surface area contributed by atoms with Crippen LogP contribution in [0.2, 0.25) is 0 Å². The summed E-state index contributed by atoms with van der Waals surface area (Å²) >= 11 is 0. The fraction of sp³-hybridized carbons (Fsp3) is 0.0909. The van der Waals surface area contributed by atoms with E-state index < -0.39 is 0 Å². The second-order valence-corrected chi connectivity index (χ2v) is 5.50. The molecule has 0 bridgehead atoms. The van der Waals surface area contributed by atoms with Crippen LogP contribution in [0.1, 0.15) is 22.4 Å². The molecule has 0 spiro atoms. The molecule has 1 heteroatoms. The van der Waals surface area contributed by atoms with Crippen molar-refractivity contribution in [1.29, 1.82) is 0 Å². The maximum absolute atomic E-state index is 4.42. The number of aryl methyl sites for hydroxylation is 1. The molecule has 112 valence electrons. The van der Waals surface area contributed by atoms with Gasteiger partial charge in [0.15, 0.2) is 0 Å². The lowest BCUT2D eigenvalue weighted by Crippen LogP contribution is -1.90. The fourth-order valence-corrected chi connectivity index (χ4v) is 2.48. The Hall–Kier alpha value is -2.89. The molecule has 0 aliphatic carbocycles. The summed E-state index contributed by atoms with van der Waals surface area (Å²) in [5, 5.41) is 0. The number of hydrogen-bond acceptors (Lipinski definition) is 1. The van der Waals surface area contributed by atoms with Gasteiger partial charge in [-0.25, -0.2) is 0 Å². The Labute approximate surface area is 137 Å². The van der Waals surface area contributed by atoms with E-state index in [1.807, 2.05) is 30.5 Å². The molecule has 3 aromatic rings. The van der Waals surface area contributed by atoms with Crippen LogP contribution in [-0.4, -0.2) is 4.98 Å². The quantitative estimate of drug-likeness (QED) is 0.593. The summed E-state index contributed by atoms with van der Waals surface area (Å²) in [6.07, 6.45) is 4.66. The Morgan fingerprint density at radius 2 is 1.61 bits per heavy atom. The first-order valence-electron chi connectivity index (χ1n) is 7.79. The van der Waals surface area contributed by atoms with Crippen molar-refractivity contribution < 1.29 is 0 Å². The highest BCUT2D eigenvalue weighted by Crippen LogP contribution is 2.19. The smallest absolute Gasteiger partial charge is 0.0735 e. The minimum atomic E-state index is 0.854. The third-order valence-corrected chi connectivity index (χ3v) is 3.78. The molecule has 1 heterocycles. The van der Waals surface area contributed by atoms with Gasteiger partial charge in [0.1, 0.15) is 0 Å². The molecule has 2 aromatic carbocycles. The molecule has 0 amide bonds. The van der Waals surface area contributed by atoms with Crippen molar-refractivity contribution in [2.45, 2.75) is 13.3 Å². The zero-order valence-corrected chi connectivity index (χ0v) is 13.2. The minimum absolute atomic E-state index is 0.854. The van der Waals surface area contributed by atoms with Gasteiger partial charge in [-0.05, 0) is 29.7 Å². The Balaban J connectivity index is 2.01. The van der Waals surface area contributed by atoms with E-state index in [-0.39, 0.29) is 0 Å². The van der Waals surface area contributed by atoms with E-state index in [9.17, 15) is 0 Å². The number of hydrogen-bond donors (Lipinski definition) is 0. The SMILES string of the molecule is Cc1cccnc1C=C=C(Cc1ccccc1)c1ccccc1. The van der Waals surface area contributed by atoms with Crippen molar-refractivity contribution >= 4 is 11.6 Å². The molecule has 0 unspecified atom stereocenters. The average molecular weight is 297 g/mol. The van der Waals surface area contributed by atoms with Gasteiger partial charge in [-0.1, -0.05) is 66.7 Å². The topological polar surface area (TPSA) is 12.9 Å². The minimum Gasteiger partial charge on any atom is -0.256 e. The first-order chi connectivity index (χ1) is 11.3. The van der Waals surface area contributed by atoms with Gasteiger partial charge in [0, 0.05) is 24.3 Å². The summed E-state index contributed by atoms with van der Waals surface area (Å²) in [5.74, 6) is 0. The van der Waals surface area contributed by atoms with Crippen LogP contribution in [0.3, 0.4) is 0 Å². The van der Waals surface area contributed by atoms with Crippen LogP contribution in [-0.2, 0) is 6.42 Å². The molecule has 3 rings (SSSR count). The predicted octanol–water partition coefficient (Wildman–Crippen LogP) is 5.33. The summed E-state index contributed by atoms with van der Waals surface area (Å²) in [4.78, 5) is 4.42. The van der Waals surface area contributed by atoms with E-state index in [2.05, 4.69) is 72.2 Å². The van der Waals surface area contributed by atoms with Crippen LogP contribution in [0.5, 0.6) is 0 Å². The maximum atomic E-state index is 4.42. The second-order valence-electron chi connectivity index (χ2n) is 5.50. The van der Waals surface area contributed by atoms with Crippen LogP contribution in [0.4, 0.5) is 0 Å². The molecule has 0 aliphatic rings. The van der Waals surface area contributed by atoms with Crippen LogP contribution in [0.15, 0.2) is 84.7 Å². The third-order valence-electron chi connectivity index (χ3n) is 3.78. The lowest BCUT2D eigenvalue weighted by atomic mass is 9.98. The van der Waals surface area contributed by atoms with Gasteiger partial charge < -0.3 is 0 Å². The lowest BCUT2D eigenvalue weighted by Gasteiger charge is -2.06. The summed E-state index contributed by atoms with van der Waals surface area (Å²) in [6, 6.07) is 24.9. The van der Waals surface area contributed by atoms with E-state index in [1.54, 1.807) is 0 Å². The van der Waals surface area contributed by atoms with Crippen LogP contribution in [0, 0.1) is 6.92 Å². The van der Waals surface area contributed by atoms with Crippen molar-refractivity contribution in [2.24, 2.45) is 0 Å². The van der Waals surface area contributed by atoms with E-state index in [4.69, 9.17) is 0 Å². The van der Waals surface area contributed by atoms with Crippen molar-refractivity contribution in [1.82, 2.24) is 4.98 Å². The average Bonchev–Trinajstić information content (AvgIpc) is 2.61. The molecule has 0 atom stereocenters. The van der Waals surface area contributed by atoms with E-state index in [0.717, 1.165) is 17.7 Å². The Bertz CT molecular complexity index is 826. The predicted molar refractivity (Wildman–Crippen MR) is 96.9 cm³/mol. The van der Waals surface area contributed by atoms with Gasteiger partial charge in [-0.3, -0.25) is 4.98 Å². The number of rotatable bonds is 4. The number of allylic oxidation sites excluding steroid dienone is 1. The van der Waals surface area contributed by atoms with E-state index >= 15 is 0 Å². The van der Waals surface area contributed by atoms with Crippen molar-refractivity contribution in [2.75, 3.05) is 0 Å². The second kappa shape index (κ2) is 7.40. The number of benzene rings is 2. The molecule has 0 fully saturated rings. The van der Waals surface area contributed by atoms with Gasteiger partial charge in [0.2, 0.25) is 0 Å². The Morgan fingerprint density at radius 1 is 0.913 bits per heavy atom. The molecule has 0 radical (unpaired) electrons. The highest BCUT2D eigenvalue weighted by molar-refractivity contribution is 5.70. The van der Waals surface area contributed by atoms with Crippen LogP contribution in [0.25, 0.3) is 11.6 Å². The first kappa shape index (κ1) is 15.0. The third kappa shape index (κ3) is 4.06. The highest BCUT2D eigenvalue weighted by atomic mass is 14.7. The fourth-order valence-electron chi connectivity index (χ4n) is 2.48. The Kier molecular flexibility index (Phi) is 4.83. The standard InChI is InChI=1S/C22H19N/c1-18-9-8-16-23-22(18)15-14-21(20-12-6-3-7-13-20)17-19-10-4-2-5-11-19/h2-13,15-16H,17H2,1H3. The molecule has 0 N–H and O–H groups in total. The van der Waals surface area contributed by atoms with Gasteiger partial charge in [-0.2, -0.15) is 0 Å². The van der Waals surface area contributed by atoms with Gasteiger partial charge in [0.05, 0.1) is 5.69 Å². The summed E-state index contributed by atoms with van der Waals surface area (Å²) < 4.78 is 0. The van der Waals surface area contributed by atoms with Crippen molar-refractivity contribution in [3.8, 4) is 0 Å². The zero-order valence-electron chi connectivity index (χ0n) is 13.2. The molecule has 0 saturated heterocycles. The normalized spacial score (nSPS) is 9.96. The Morgan fingerprint density at radius 3 is 2.30 bits per heavy atom. The number of pyridine rings is 1. The monoisotopic (exact) mass is 297 g/mol. The van der Waals surface area contributed by atoms with Crippen LogP contribution < -0.4 is 0 Å². The first-order valence-corrected chi connectivity index (χ1v) is 7.79. The van der Waals surface area contributed by atoms with Gasteiger partial charge in [0.25, 0.3) is 0 Å². The number of aromatic nitrogens is 1. The molecule has 1 nitrogen and oxygen atoms in total. The lowest BCUT2D eigenvalue weighted by molar-refractivity contribution is 1.24. The molecular weight excluding hydrogens is 278 g/mol. The molecular formula is C22H19N. The summed E-state index contributed by atoms with van der Waals surface area (Å²) in [5.41, 5.74) is 9.24. The highest BCUT2D eigenvalue weighted by Gasteiger charge is 2.02. The molecule has 23 heavy (non-hydrogen) atoms. The van der Waals surface area contributed by atoms with E-state index in [0.29, 0.717) is 0 Å². The van der Waals surface area contributed by atoms with Gasteiger partial charge >= 0.3 is 0 Å². The summed E-state index contributed by atoms with van der Waals surface area (Å²) in [6.45, 7) is 2.07. The molecule has 0 aliphatic heterocycles. The number of nitrogens with zero attached hydrogens (tertiary/aromatic N) is 1. The maximum Gasteiger partial charge on any atom is 0.0735 e. The molecule has 1 aromatic heterocycles. The largest absolute Gasteiger partial charge is 0.256 e. The van der Waals surface area contributed by atoms with Crippen molar-refractivity contribution in [3.05, 3.63) is 107 Å².